The summed E-state index contributed by atoms with van der Waals surface area (Å²) in [7, 11) is 1.41. The summed E-state index contributed by atoms with van der Waals surface area (Å²) in [5, 5.41) is 0. The molecule has 0 saturated carbocycles. The monoisotopic (exact) mass is 307 g/mol. The highest BCUT2D eigenvalue weighted by atomic mass is 16.5. The second kappa shape index (κ2) is 12.3. The molecule has 0 bridgehead atoms. The molecule has 22 heavy (non-hydrogen) atoms. The molecule has 3 nitrogen and oxygen atoms in total. The number of hydrogen-bond donors (Lipinski definition) is 1. The number of aromatic nitrogens is 1. The van der Waals surface area contributed by atoms with E-state index in [1.54, 1.807) is 0 Å². The Hall–Kier alpha value is -1.25. The lowest BCUT2D eigenvalue weighted by Gasteiger charge is -2.02. The fourth-order valence-electron chi connectivity index (χ4n) is 2.80. The largest absolute Gasteiger partial charge is 0.464 e. The molecule has 0 atom stereocenters. The summed E-state index contributed by atoms with van der Waals surface area (Å²) >= 11 is 0. The molecule has 1 aromatic heterocycles. The average molecular weight is 307 g/mol. The number of H-pyrrole nitrogens is 1. The van der Waals surface area contributed by atoms with Crippen LogP contribution in [0.3, 0.4) is 0 Å². The summed E-state index contributed by atoms with van der Waals surface area (Å²) in [6.07, 6.45) is 17.9. The Balaban J connectivity index is 1.93. The van der Waals surface area contributed by atoms with Crippen molar-refractivity contribution >= 4 is 5.97 Å². The lowest BCUT2D eigenvalue weighted by Crippen LogP contribution is -2.00. The molecule has 0 amide bonds. The zero-order valence-corrected chi connectivity index (χ0v) is 14.5. The third kappa shape index (κ3) is 8.26. The van der Waals surface area contributed by atoms with Crippen LogP contribution in [-0.2, 0) is 11.2 Å². The fraction of sp³-hybridized carbons (Fsp3) is 0.737. The van der Waals surface area contributed by atoms with Gasteiger partial charge in [-0.3, -0.25) is 0 Å². The summed E-state index contributed by atoms with van der Waals surface area (Å²) in [5.41, 5.74) is 1.76. The van der Waals surface area contributed by atoms with E-state index in [-0.39, 0.29) is 5.97 Å². The van der Waals surface area contributed by atoms with Crippen LogP contribution in [0.15, 0.2) is 12.3 Å². The minimum Gasteiger partial charge on any atom is -0.464 e. The first-order valence-electron chi connectivity index (χ1n) is 9.03. The van der Waals surface area contributed by atoms with Crippen molar-refractivity contribution in [2.75, 3.05) is 7.11 Å². The van der Waals surface area contributed by atoms with Crippen molar-refractivity contribution in [3.8, 4) is 0 Å². The van der Waals surface area contributed by atoms with Crippen LogP contribution in [-0.4, -0.2) is 18.1 Å². The van der Waals surface area contributed by atoms with Crippen LogP contribution in [0.4, 0.5) is 0 Å². The zero-order chi connectivity index (χ0) is 16.0. The summed E-state index contributed by atoms with van der Waals surface area (Å²) in [4.78, 5) is 14.3. The predicted octanol–water partition coefficient (Wildman–Crippen LogP) is 5.65. The zero-order valence-electron chi connectivity index (χ0n) is 14.5. The number of unbranched alkanes of at least 4 members (excludes halogenated alkanes) is 10. The number of carbonyl (C=O) groups is 1. The number of aromatic amines is 1. The minimum atomic E-state index is -0.287. The van der Waals surface area contributed by atoms with Gasteiger partial charge in [0.2, 0.25) is 0 Å². The number of aryl methyl sites for hydroxylation is 1. The smallest absolute Gasteiger partial charge is 0.354 e. The topological polar surface area (TPSA) is 42.1 Å². The van der Waals surface area contributed by atoms with Crippen LogP contribution in [0, 0.1) is 0 Å². The van der Waals surface area contributed by atoms with Gasteiger partial charge in [-0.1, -0.05) is 71.1 Å². The molecule has 1 N–H and O–H groups in total. The van der Waals surface area contributed by atoms with E-state index >= 15 is 0 Å². The van der Waals surface area contributed by atoms with Crippen LogP contribution in [0.25, 0.3) is 0 Å². The van der Waals surface area contributed by atoms with E-state index in [0.717, 1.165) is 6.42 Å². The lowest BCUT2D eigenvalue weighted by atomic mass is 10.0. The molecule has 0 unspecified atom stereocenters. The fourth-order valence-corrected chi connectivity index (χ4v) is 2.80. The van der Waals surface area contributed by atoms with Gasteiger partial charge in [-0.2, -0.15) is 0 Å². The Labute approximate surface area is 135 Å². The molecular formula is C19H33NO2. The third-order valence-electron chi connectivity index (χ3n) is 4.22. The summed E-state index contributed by atoms with van der Waals surface area (Å²) in [5.74, 6) is -0.287. The Morgan fingerprint density at radius 2 is 1.50 bits per heavy atom. The second-order valence-corrected chi connectivity index (χ2v) is 6.20. The van der Waals surface area contributed by atoms with Gasteiger partial charge in [-0.15, -0.1) is 0 Å². The number of ether oxygens (including phenoxy) is 1. The standard InChI is InChI=1S/C19H33NO2/c1-3-4-5-6-7-8-9-10-11-12-13-14-17-15-18(20-16-17)19(21)22-2/h15-16,20H,3-14H2,1-2H3. The Morgan fingerprint density at radius 1 is 0.955 bits per heavy atom. The molecule has 0 spiro atoms. The Morgan fingerprint density at radius 3 is 2.05 bits per heavy atom. The highest BCUT2D eigenvalue weighted by Crippen LogP contribution is 2.13. The van der Waals surface area contributed by atoms with Crippen LogP contribution < -0.4 is 0 Å². The molecule has 0 aromatic carbocycles. The van der Waals surface area contributed by atoms with Crippen molar-refractivity contribution in [1.29, 1.82) is 0 Å². The number of esters is 1. The van der Waals surface area contributed by atoms with E-state index in [9.17, 15) is 4.79 Å². The summed E-state index contributed by atoms with van der Waals surface area (Å²) in [6.45, 7) is 2.27. The van der Waals surface area contributed by atoms with Gasteiger partial charge in [-0.25, -0.2) is 4.79 Å². The normalized spacial score (nSPS) is 10.8. The maximum absolute atomic E-state index is 11.3. The van der Waals surface area contributed by atoms with Crippen molar-refractivity contribution in [2.24, 2.45) is 0 Å². The van der Waals surface area contributed by atoms with E-state index in [1.807, 2.05) is 12.3 Å². The van der Waals surface area contributed by atoms with Gasteiger partial charge >= 0.3 is 5.97 Å². The maximum Gasteiger partial charge on any atom is 0.354 e. The van der Waals surface area contributed by atoms with Gasteiger partial charge in [0.15, 0.2) is 0 Å². The number of hydrogen-bond acceptors (Lipinski definition) is 2. The van der Waals surface area contributed by atoms with Gasteiger partial charge in [0, 0.05) is 6.20 Å². The second-order valence-electron chi connectivity index (χ2n) is 6.20. The van der Waals surface area contributed by atoms with E-state index in [1.165, 1.54) is 83.3 Å². The number of methoxy groups -OCH3 is 1. The Bertz CT molecular complexity index is 398. The average Bonchev–Trinajstić information content (AvgIpc) is 3.00. The van der Waals surface area contributed by atoms with E-state index in [2.05, 4.69) is 11.9 Å². The molecule has 0 saturated heterocycles. The number of rotatable bonds is 13. The molecule has 0 aliphatic carbocycles. The lowest BCUT2D eigenvalue weighted by molar-refractivity contribution is 0.0595. The predicted molar refractivity (Wildman–Crippen MR) is 92.3 cm³/mol. The first-order valence-corrected chi connectivity index (χ1v) is 9.03. The first kappa shape index (κ1) is 18.8. The van der Waals surface area contributed by atoms with Gasteiger partial charge < -0.3 is 9.72 Å². The van der Waals surface area contributed by atoms with Crippen molar-refractivity contribution < 1.29 is 9.53 Å². The molecule has 0 radical (unpaired) electrons. The molecule has 3 heteroatoms. The molecule has 126 valence electrons. The first-order chi connectivity index (χ1) is 10.8. The van der Waals surface area contributed by atoms with Crippen LogP contribution in [0.1, 0.15) is 93.6 Å². The molecule has 0 aliphatic heterocycles. The highest BCUT2D eigenvalue weighted by Gasteiger charge is 2.07. The van der Waals surface area contributed by atoms with Gasteiger partial charge in [0.25, 0.3) is 0 Å². The SMILES string of the molecule is CCCCCCCCCCCCCc1c[nH]c(C(=O)OC)c1. The Kier molecular flexibility index (Phi) is 10.5. The molecule has 0 aliphatic rings. The maximum atomic E-state index is 11.3. The van der Waals surface area contributed by atoms with Crippen molar-refractivity contribution in [3.63, 3.8) is 0 Å². The number of nitrogens with one attached hydrogen (secondary N) is 1. The quantitative estimate of drug-likeness (QED) is 0.377. The van der Waals surface area contributed by atoms with Gasteiger partial charge in [0.1, 0.15) is 5.69 Å². The van der Waals surface area contributed by atoms with E-state index < -0.39 is 0 Å². The minimum absolute atomic E-state index is 0.287. The summed E-state index contributed by atoms with van der Waals surface area (Å²) < 4.78 is 4.69. The van der Waals surface area contributed by atoms with Gasteiger partial charge in [0.05, 0.1) is 7.11 Å². The highest BCUT2D eigenvalue weighted by molar-refractivity contribution is 5.87. The van der Waals surface area contributed by atoms with Crippen LogP contribution >= 0.6 is 0 Å². The molecule has 1 aromatic rings. The molecular weight excluding hydrogens is 274 g/mol. The molecule has 0 fully saturated rings. The van der Waals surface area contributed by atoms with Crippen molar-refractivity contribution in [3.05, 3.63) is 23.5 Å². The van der Waals surface area contributed by atoms with Crippen LogP contribution in [0.2, 0.25) is 0 Å². The van der Waals surface area contributed by atoms with Crippen LogP contribution in [0.5, 0.6) is 0 Å². The van der Waals surface area contributed by atoms with E-state index in [0.29, 0.717) is 5.69 Å². The summed E-state index contributed by atoms with van der Waals surface area (Å²) in [6, 6.07) is 1.90. The number of carbonyl (C=O) groups excluding carboxylic acids is 1. The van der Waals surface area contributed by atoms with Gasteiger partial charge in [-0.05, 0) is 24.5 Å². The molecule has 1 heterocycles. The third-order valence-corrected chi connectivity index (χ3v) is 4.22. The van der Waals surface area contributed by atoms with E-state index in [4.69, 9.17) is 4.74 Å². The van der Waals surface area contributed by atoms with Crippen molar-refractivity contribution in [1.82, 2.24) is 4.98 Å². The molecule has 1 rings (SSSR count). The van der Waals surface area contributed by atoms with Crippen molar-refractivity contribution in [2.45, 2.75) is 84.0 Å².